The molecule has 4 rings (SSSR count). The number of hydrogen-bond donors (Lipinski definition) is 3. The summed E-state index contributed by atoms with van der Waals surface area (Å²) in [5.74, 6) is -1.55. The molecule has 0 aliphatic carbocycles. The van der Waals surface area contributed by atoms with E-state index in [0.717, 1.165) is 16.7 Å². The van der Waals surface area contributed by atoms with Crippen molar-refractivity contribution in [3.8, 4) is 11.1 Å². The number of sulfonamides is 1. The van der Waals surface area contributed by atoms with E-state index in [0.29, 0.717) is 10.9 Å². The van der Waals surface area contributed by atoms with Gasteiger partial charge in [-0.05, 0) is 52.9 Å². The van der Waals surface area contributed by atoms with Crippen LogP contribution in [-0.2, 0) is 26.1 Å². The van der Waals surface area contributed by atoms with Crippen LogP contribution in [0.5, 0.6) is 0 Å². The van der Waals surface area contributed by atoms with Gasteiger partial charge in [-0.25, -0.2) is 13.4 Å². The summed E-state index contributed by atoms with van der Waals surface area (Å²) in [6, 6.07) is 19.4. The molecule has 0 saturated heterocycles. The molecule has 39 heavy (non-hydrogen) atoms. The number of aromatic amines is 1. The number of H-pyrrole nitrogens is 1. The summed E-state index contributed by atoms with van der Waals surface area (Å²) in [4.78, 5) is 43.6. The van der Waals surface area contributed by atoms with Gasteiger partial charge in [0.25, 0.3) is 11.5 Å². The number of ether oxygens (including phenoxy) is 1. The van der Waals surface area contributed by atoms with Crippen molar-refractivity contribution in [1.82, 2.24) is 20.0 Å². The first-order valence-corrected chi connectivity index (χ1v) is 13.6. The number of rotatable bonds is 9. The molecule has 0 aliphatic heterocycles. The Labute approximate surface area is 225 Å². The number of methoxy groups -OCH3 is 1. The maximum absolute atomic E-state index is 12.8. The van der Waals surface area contributed by atoms with Crippen molar-refractivity contribution >= 4 is 32.8 Å². The predicted octanol–water partition coefficient (Wildman–Crippen LogP) is 3.00. The van der Waals surface area contributed by atoms with Gasteiger partial charge in [-0.15, -0.1) is 0 Å². The Morgan fingerprint density at radius 1 is 0.974 bits per heavy atom. The topological polar surface area (TPSA) is 147 Å². The molecule has 1 amide bonds. The number of benzene rings is 3. The number of carbonyl (C=O) groups is 2. The quantitative estimate of drug-likeness (QED) is 0.272. The van der Waals surface area contributed by atoms with Gasteiger partial charge in [0.15, 0.2) is 5.82 Å². The zero-order chi connectivity index (χ0) is 28.2. The molecule has 0 fully saturated rings. The average molecular weight is 549 g/mol. The summed E-state index contributed by atoms with van der Waals surface area (Å²) in [5, 5.41) is 3.16. The average Bonchev–Trinajstić information content (AvgIpc) is 2.94. The number of hydrogen-bond acceptors (Lipinski definition) is 7. The predicted molar refractivity (Wildman–Crippen MR) is 146 cm³/mol. The Balaban J connectivity index is 1.46. The molecule has 0 saturated carbocycles. The molecule has 1 heterocycles. The number of amides is 1. The Hall–Kier alpha value is -4.35. The first kappa shape index (κ1) is 27.7. The van der Waals surface area contributed by atoms with Crippen molar-refractivity contribution in [2.24, 2.45) is 5.92 Å². The normalized spacial score (nSPS) is 12.3. The van der Waals surface area contributed by atoms with Crippen molar-refractivity contribution < 1.29 is 22.7 Å². The summed E-state index contributed by atoms with van der Waals surface area (Å²) in [7, 11) is -2.75. The van der Waals surface area contributed by atoms with Crippen molar-refractivity contribution in [2.45, 2.75) is 31.3 Å². The van der Waals surface area contributed by atoms with Crippen LogP contribution in [0.25, 0.3) is 22.0 Å². The Morgan fingerprint density at radius 2 is 1.69 bits per heavy atom. The standard InChI is InChI=1S/C28H28N4O6S/c1-17(2)24(28(35)38-3)32-39(36,37)21-13-11-19(12-14-21)20-8-6-7-18(15-20)16-29-27(34)25-30-23-10-5-4-9-22(23)26(33)31-25/h4-15,17,24,32H,16H2,1-3H3,(H,29,34)(H,30,31,33)/t24-/m0/s1. The molecule has 202 valence electrons. The largest absolute Gasteiger partial charge is 0.468 e. The van der Waals surface area contributed by atoms with Gasteiger partial charge in [-0.2, -0.15) is 4.72 Å². The van der Waals surface area contributed by atoms with Crippen LogP contribution in [0.15, 0.2) is 82.5 Å². The highest BCUT2D eigenvalue weighted by Gasteiger charge is 2.29. The minimum Gasteiger partial charge on any atom is -0.468 e. The highest BCUT2D eigenvalue weighted by atomic mass is 32.2. The van der Waals surface area contributed by atoms with Gasteiger partial charge in [0.05, 0.1) is 22.9 Å². The Morgan fingerprint density at radius 3 is 2.38 bits per heavy atom. The van der Waals surface area contributed by atoms with E-state index in [1.54, 1.807) is 50.2 Å². The maximum atomic E-state index is 12.8. The minimum absolute atomic E-state index is 0.0149. The van der Waals surface area contributed by atoms with Crippen molar-refractivity contribution in [1.29, 1.82) is 0 Å². The molecule has 0 bridgehead atoms. The summed E-state index contributed by atoms with van der Waals surface area (Å²) in [6.45, 7) is 3.63. The maximum Gasteiger partial charge on any atom is 0.324 e. The van der Waals surface area contributed by atoms with E-state index >= 15 is 0 Å². The smallest absolute Gasteiger partial charge is 0.324 e. The monoisotopic (exact) mass is 548 g/mol. The van der Waals surface area contributed by atoms with E-state index < -0.39 is 33.5 Å². The number of carbonyl (C=O) groups excluding carboxylic acids is 2. The lowest BCUT2D eigenvalue weighted by Crippen LogP contribution is -2.44. The van der Waals surface area contributed by atoms with Crippen molar-refractivity contribution in [3.63, 3.8) is 0 Å². The van der Waals surface area contributed by atoms with E-state index in [-0.39, 0.29) is 23.2 Å². The van der Waals surface area contributed by atoms with Crippen LogP contribution in [0.1, 0.15) is 30.0 Å². The highest BCUT2D eigenvalue weighted by Crippen LogP contribution is 2.23. The molecule has 4 aromatic rings. The van der Waals surface area contributed by atoms with Gasteiger partial charge >= 0.3 is 5.97 Å². The molecule has 10 nitrogen and oxygen atoms in total. The first-order chi connectivity index (χ1) is 18.6. The van der Waals surface area contributed by atoms with Gasteiger partial charge < -0.3 is 15.0 Å². The van der Waals surface area contributed by atoms with Gasteiger partial charge in [-0.1, -0.05) is 56.3 Å². The lowest BCUT2D eigenvalue weighted by atomic mass is 10.0. The highest BCUT2D eigenvalue weighted by molar-refractivity contribution is 7.89. The fourth-order valence-electron chi connectivity index (χ4n) is 3.97. The minimum atomic E-state index is -3.96. The van der Waals surface area contributed by atoms with Crippen molar-refractivity contribution in [3.05, 3.63) is 94.5 Å². The van der Waals surface area contributed by atoms with Gasteiger partial charge in [0, 0.05) is 6.54 Å². The molecule has 0 unspecified atom stereocenters. The molecular weight excluding hydrogens is 520 g/mol. The summed E-state index contributed by atoms with van der Waals surface area (Å²) in [5.41, 5.74) is 2.40. The van der Waals surface area contributed by atoms with Crippen molar-refractivity contribution in [2.75, 3.05) is 7.11 Å². The third kappa shape index (κ3) is 6.39. The number of nitrogens with one attached hydrogen (secondary N) is 3. The van der Waals surface area contributed by atoms with Crippen LogP contribution in [0.3, 0.4) is 0 Å². The van der Waals surface area contributed by atoms with Crippen LogP contribution in [0.4, 0.5) is 0 Å². The fourth-order valence-corrected chi connectivity index (χ4v) is 5.30. The summed E-state index contributed by atoms with van der Waals surface area (Å²) in [6.07, 6.45) is 0. The summed E-state index contributed by atoms with van der Waals surface area (Å²) < 4.78 is 32.8. The van der Waals surface area contributed by atoms with Gasteiger partial charge in [-0.3, -0.25) is 14.4 Å². The molecule has 3 aromatic carbocycles. The van der Waals surface area contributed by atoms with Crippen LogP contribution < -0.4 is 15.6 Å². The molecule has 1 atom stereocenters. The number of nitrogens with zero attached hydrogens (tertiary/aromatic N) is 1. The second-order valence-electron chi connectivity index (χ2n) is 9.21. The fraction of sp³-hybridized carbons (Fsp3) is 0.214. The molecule has 0 radical (unpaired) electrons. The Bertz CT molecular complexity index is 1680. The zero-order valence-electron chi connectivity index (χ0n) is 21.6. The van der Waals surface area contributed by atoms with E-state index in [4.69, 9.17) is 4.74 Å². The van der Waals surface area contributed by atoms with Crippen LogP contribution in [0, 0.1) is 5.92 Å². The lowest BCUT2D eigenvalue weighted by Gasteiger charge is -2.19. The molecule has 11 heteroatoms. The Kier molecular flexibility index (Phi) is 8.22. The van der Waals surface area contributed by atoms with E-state index in [1.165, 1.54) is 19.2 Å². The second-order valence-corrected chi connectivity index (χ2v) is 10.9. The first-order valence-electron chi connectivity index (χ1n) is 12.2. The number of aromatic nitrogens is 2. The van der Waals surface area contributed by atoms with Crippen LogP contribution >= 0.6 is 0 Å². The second kappa shape index (κ2) is 11.6. The molecular formula is C28H28N4O6S. The van der Waals surface area contributed by atoms with Crippen LogP contribution in [-0.4, -0.2) is 43.4 Å². The van der Waals surface area contributed by atoms with E-state index in [1.807, 2.05) is 24.3 Å². The third-order valence-corrected chi connectivity index (χ3v) is 7.57. The van der Waals surface area contributed by atoms with E-state index in [2.05, 4.69) is 20.0 Å². The number of fused-ring (bicyclic) bond motifs is 1. The van der Waals surface area contributed by atoms with Gasteiger partial charge in [0.1, 0.15) is 6.04 Å². The van der Waals surface area contributed by atoms with Crippen LogP contribution in [0.2, 0.25) is 0 Å². The lowest BCUT2D eigenvalue weighted by molar-refractivity contribution is -0.143. The van der Waals surface area contributed by atoms with E-state index in [9.17, 15) is 22.8 Å². The number of para-hydroxylation sites is 1. The third-order valence-electron chi connectivity index (χ3n) is 6.11. The number of esters is 1. The molecule has 1 aromatic heterocycles. The molecule has 0 spiro atoms. The molecule has 3 N–H and O–H groups in total. The summed E-state index contributed by atoms with van der Waals surface area (Å²) >= 11 is 0. The van der Waals surface area contributed by atoms with Gasteiger partial charge in [0.2, 0.25) is 10.0 Å². The SMILES string of the molecule is COC(=O)[C@@H](NS(=O)(=O)c1ccc(-c2cccc(CNC(=O)c3nc4ccccc4c(=O)[nH]3)c2)cc1)C(C)C. The zero-order valence-corrected chi connectivity index (χ0v) is 22.4. The molecule has 0 aliphatic rings.